The standard InChI is InChI=1S/C19H17NO8/c1-26-13-6-5-11-14(28-19(25)16(11)17(13)27-2)8-15(22)20-9-3-4-10(18(23)24)12(21)7-9/h3-7,14,21H,8H2,1-2H3,(H,20,22)(H,23,24)/t14-/m0/s1. The number of anilines is 1. The van der Waals surface area contributed by atoms with E-state index in [2.05, 4.69) is 5.32 Å². The lowest BCUT2D eigenvalue weighted by Gasteiger charge is -2.13. The molecule has 2 aromatic carbocycles. The predicted octanol–water partition coefficient (Wildman–Crippen LogP) is 2.35. The van der Waals surface area contributed by atoms with Crippen LogP contribution in [0.15, 0.2) is 30.3 Å². The van der Waals surface area contributed by atoms with Gasteiger partial charge in [0.1, 0.15) is 23.0 Å². The summed E-state index contributed by atoms with van der Waals surface area (Å²) >= 11 is 0. The highest BCUT2D eigenvalue weighted by Crippen LogP contribution is 2.43. The number of cyclic esters (lactones) is 1. The average Bonchev–Trinajstić information content (AvgIpc) is 2.96. The van der Waals surface area contributed by atoms with E-state index in [1.54, 1.807) is 12.1 Å². The lowest BCUT2D eigenvalue weighted by molar-refractivity contribution is -0.118. The minimum atomic E-state index is -1.28. The number of rotatable bonds is 6. The van der Waals surface area contributed by atoms with E-state index >= 15 is 0 Å². The number of phenols is 1. The van der Waals surface area contributed by atoms with Gasteiger partial charge in [-0.15, -0.1) is 0 Å². The summed E-state index contributed by atoms with van der Waals surface area (Å²) in [6.45, 7) is 0. The first-order valence-corrected chi connectivity index (χ1v) is 8.17. The number of carboxylic acid groups (broad SMARTS) is 1. The van der Waals surface area contributed by atoms with Crippen molar-refractivity contribution in [2.24, 2.45) is 0 Å². The molecule has 0 aromatic heterocycles. The molecule has 0 saturated heterocycles. The van der Waals surface area contributed by atoms with E-state index in [1.807, 2.05) is 0 Å². The van der Waals surface area contributed by atoms with Gasteiger partial charge in [-0.05, 0) is 18.2 Å². The van der Waals surface area contributed by atoms with Crippen LogP contribution in [0.1, 0.15) is 38.8 Å². The fraction of sp³-hybridized carbons (Fsp3) is 0.211. The molecule has 0 fully saturated rings. The van der Waals surface area contributed by atoms with Gasteiger partial charge in [0, 0.05) is 17.3 Å². The average molecular weight is 387 g/mol. The maximum atomic E-state index is 12.3. The fourth-order valence-electron chi connectivity index (χ4n) is 2.99. The zero-order valence-electron chi connectivity index (χ0n) is 15.0. The van der Waals surface area contributed by atoms with Crippen molar-refractivity contribution in [2.75, 3.05) is 19.5 Å². The van der Waals surface area contributed by atoms with Crippen LogP contribution in [0.25, 0.3) is 0 Å². The highest BCUT2D eigenvalue weighted by Gasteiger charge is 2.36. The first-order valence-electron chi connectivity index (χ1n) is 8.17. The molecule has 2 aromatic rings. The van der Waals surface area contributed by atoms with Gasteiger partial charge in [-0.25, -0.2) is 9.59 Å². The van der Waals surface area contributed by atoms with Crippen molar-refractivity contribution >= 4 is 23.5 Å². The van der Waals surface area contributed by atoms with Crippen LogP contribution in [0.4, 0.5) is 5.69 Å². The number of hydrogen-bond acceptors (Lipinski definition) is 7. The maximum absolute atomic E-state index is 12.3. The number of methoxy groups -OCH3 is 2. The van der Waals surface area contributed by atoms with Crippen molar-refractivity contribution in [1.82, 2.24) is 0 Å². The highest BCUT2D eigenvalue weighted by molar-refractivity contribution is 5.99. The van der Waals surface area contributed by atoms with Gasteiger partial charge < -0.3 is 29.7 Å². The number of ether oxygens (including phenoxy) is 3. The van der Waals surface area contributed by atoms with E-state index < -0.39 is 29.7 Å². The lowest BCUT2D eigenvalue weighted by Crippen LogP contribution is -2.16. The van der Waals surface area contributed by atoms with E-state index in [9.17, 15) is 19.5 Å². The van der Waals surface area contributed by atoms with E-state index in [0.717, 1.165) is 6.07 Å². The van der Waals surface area contributed by atoms with Gasteiger partial charge in [0.05, 0.1) is 20.6 Å². The van der Waals surface area contributed by atoms with Crippen molar-refractivity contribution in [3.8, 4) is 17.2 Å². The molecular formula is C19H17NO8. The normalized spacial score (nSPS) is 14.8. The maximum Gasteiger partial charge on any atom is 0.343 e. The second kappa shape index (κ2) is 7.47. The third-order valence-electron chi connectivity index (χ3n) is 4.26. The molecule has 1 aliphatic heterocycles. The third-order valence-corrected chi connectivity index (χ3v) is 4.26. The summed E-state index contributed by atoms with van der Waals surface area (Å²) in [6, 6.07) is 6.91. The number of carbonyl (C=O) groups excluding carboxylic acids is 2. The Balaban J connectivity index is 1.77. The number of nitrogens with one attached hydrogen (secondary N) is 1. The monoisotopic (exact) mass is 387 g/mol. The molecule has 1 atom stereocenters. The zero-order chi connectivity index (χ0) is 20.4. The SMILES string of the molecule is COc1ccc2c(c1OC)C(=O)O[C@H]2CC(=O)Nc1ccc(C(=O)O)c(O)c1. The highest BCUT2D eigenvalue weighted by atomic mass is 16.6. The molecule has 0 spiro atoms. The summed E-state index contributed by atoms with van der Waals surface area (Å²) in [4.78, 5) is 35.5. The Bertz CT molecular complexity index is 969. The number of benzene rings is 2. The quantitative estimate of drug-likeness (QED) is 0.644. The fourth-order valence-corrected chi connectivity index (χ4v) is 2.99. The summed E-state index contributed by atoms with van der Waals surface area (Å²) in [5.41, 5.74) is 0.645. The van der Waals surface area contributed by atoms with Crippen LogP contribution in [0, 0.1) is 0 Å². The summed E-state index contributed by atoms with van der Waals surface area (Å²) in [7, 11) is 2.85. The van der Waals surface area contributed by atoms with Crippen LogP contribution in [-0.2, 0) is 9.53 Å². The first kappa shape index (κ1) is 19.0. The van der Waals surface area contributed by atoms with Crippen molar-refractivity contribution in [2.45, 2.75) is 12.5 Å². The van der Waals surface area contributed by atoms with Crippen LogP contribution in [0.2, 0.25) is 0 Å². The number of amides is 1. The number of hydrogen-bond donors (Lipinski definition) is 3. The number of fused-ring (bicyclic) bond motifs is 1. The minimum Gasteiger partial charge on any atom is -0.507 e. The molecule has 0 radical (unpaired) electrons. The molecule has 0 bridgehead atoms. The van der Waals surface area contributed by atoms with Gasteiger partial charge in [-0.1, -0.05) is 6.07 Å². The topological polar surface area (TPSA) is 131 Å². The molecule has 3 N–H and O–H groups in total. The Hall–Kier alpha value is -3.75. The second-order valence-corrected chi connectivity index (χ2v) is 5.95. The molecule has 1 aliphatic rings. The molecular weight excluding hydrogens is 370 g/mol. The molecule has 9 nitrogen and oxygen atoms in total. The number of aromatic carboxylic acids is 1. The molecule has 1 heterocycles. The van der Waals surface area contributed by atoms with E-state index in [1.165, 1.54) is 26.4 Å². The minimum absolute atomic E-state index is 0.171. The zero-order valence-corrected chi connectivity index (χ0v) is 15.0. The smallest absolute Gasteiger partial charge is 0.343 e. The van der Waals surface area contributed by atoms with Gasteiger partial charge in [0.15, 0.2) is 11.5 Å². The number of esters is 1. The van der Waals surface area contributed by atoms with Crippen molar-refractivity contribution < 1.29 is 38.8 Å². The summed E-state index contributed by atoms with van der Waals surface area (Å²) in [5, 5.41) is 21.1. The van der Waals surface area contributed by atoms with Gasteiger partial charge in [0.25, 0.3) is 0 Å². The molecule has 146 valence electrons. The Morgan fingerprint density at radius 2 is 1.93 bits per heavy atom. The number of carbonyl (C=O) groups is 3. The van der Waals surface area contributed by atoms with E-state index in [0.29, 0.717) is 11.3 Å². The van der Waals surface area contributed by atoms with Gasteiger partial charge in [-0.3, -0.25) is 4.79 Å². The molecule has 0 aliphatic carbocycles. The van der Waals surface area contributed by atoms with Crippen LogP contribution in [0.5, 0.6) is 17.2 Å². The molecule has 1 amide bonds. The molecule has 0 unspecified atom stereocenters. The Labute approximate surface area is 159 Å². The van der Waals surface area contributed by atoms with Crippen LogP contribution in [0.3, 0.4) is 0 Å². The number of carboxylic acids is 1. The van der Waals surface area contributed by atoms with Gasteiger partial charge in [-0.2, -0.15) is 0 Å². The van der Waals surface area contributed by atoms with Crippen LogP contribution < -0.4 is 14.8 Å². The summed E-state index contributed by atoms with van der Waals surface area (Å²) in [6.07, 6.45) is -0.982. The first-order chi connectivity index (χ1) is 13.3. The Morgan fingerprint density at radius 1 is 1.18 bits per heavy atom. The Morgan fingerprint density at radius 3 is 2.54 bits per heavy atom. The summed E-state index contributed by atoms with van der Waals surface area (Å²) in [5.74, 6) is -2.25. The van der Waals surface area contributed by atoms with Crippen LogP contribution in [-0.4, -0.2) is 42.3 Å². The third kappa shape index (κ3) is 3.41. The molecule has 3 rings (SSSR count). The molecule has 9 heteroatoms. The number of aromatic hydroxyl groups is 1. The largest absolute Gasteiger partial charge is 0.507 e. The van der Waals surface area contributed by atoms with Crippen LogP contribution >= 0.6 is 0 Å². The Kier molecular flexibility index (Phi) is 5.08. The molecule has 0 saturated carbocycles. The second-order valence-electron chi connectivity index (χ2n) is 5.95. The summed E-state index contributed by atoms with van der Waals surface area (Å²) < 4.78 is 15.7. The lowest BCUT2D eigenvalue weighted by atomic mass is 10.0. The van der Waals surface area contributed by atoms with E-state index in [-0.39, 0.29) is 29.0 Å². The van der Waals surface area contributed by atoms with Crippen molar-refractivity contribution in [3.63, 3.8) is 0 Å². The van der Waals surface area contributed by atoms with E-state index in [4.69, 9.17) is 19.3 Å². The van der Waals surface area contributed by atoms with Crippen molar-refractivity contribution in [3.05, 3.63) is 47.0 Å². The van der Waals surface area contributed by atoms with Gasteiger partial charge in [0.2, 0.25) is 5.91 Å². The predicted molar refractivity (Wildman–Crippen MR) is 96.0 cm³/mol. The molecule has 28 heavy (non-hydrogen) atoms. The van der Waals surface area contributed by atoms with Crippen molar-refractivity contribution in [1.29, 1.82) is 0 Å². The van der Waals surface area contributed by atoms with Gasteiger partial charge >= 0.3 is 11.9 Å².